The monoisotopic (exact) mass is 371 g/mol. The molecule has 2 rings (SSSR count). The average Bonchev–Trinajstić information content (AvgIpc) is 2.15. The largest absolute Gasteiger partial charge is 0.478 e. The van der Waals surface area contributed by atoms with Crippen molar-refractivity contribution >= 4 is 52.0 Å². The van der Waals surface area contributed by atoms with Crippen molar-refractivity contribution in [2.75, 3.05) is 6.54 Å². The van der Waals surface area contributed by atoms with Gasteiger partial charge in [0.05, 0.1) is 15.6 Å². The van der Waals surface area contributed by atoms with Crippen LogP contribution in [0.1, 0.15) is 21.5 Å². The number of rotatable bonds is 1. The maximum Gasteiger partial charge on any atom is 0.338 e. The van der Waals surface area contributed by atoms with E-state index in [2.05, 4.69) is 26.0 Å². The topological polar surface area (TPSA) is 40.5 Å². The van der Waals surface area contributed by atoms with Gasteiger partial charge in [0.25, 0.3) is 0 Å². The normalized spacial score (nSPS) is 15.9. The lowest BCUT2D eigenvalue weighted by Crippen LogP contribution is -2.22. The molecule has 0 amide bonds. The molecule has 3 nitrogen and oxygen atoms in total. The van der Waals surface area contributed by atoms with Gasteiger partial charge in [0.1, 0.15) is 0 Å². The van der Waals surface area contributed by atoms with E-state index in [4.69, 9.17) is 28.3 Å². The minimum absolute atomic E-state index is 0.0176. The molecule has 1 aromatic rings. The molecule has 0 bridgehead atoms. The van der Waals surface area contributed by atoms with Gasteiger partial charge in [-0.2, -0.15) is 0 Å². The first-order valence-electron chi connectivity index (χ1n) is 4.64. The molecule has 1 aromatic carbocycles. The summed E-state index contributed by atoms with van der Waals surface area (Å²) in [5.74, 6) is -1.07. The van der Waals surface area contributed by atoms with Gasteiger partial charge in [0.2, 0.25) is 0 Å². The van der Waals surface area contributed by atoms with Crippen LogP contribution in [0.15, 0.2) is 6.07 Å². The number of carboxylic acids is 1. The van der Waals surface area contributed by atoms with E-state index in [1.54, 1.807) is 6.07 Å². The van der Waals surface area contributed by atoms with Crippen LogP contribution < -0.4 is 0 Å². The quantitative estimate of drug-likeness (QED) is 0.607. The smallest absolute Gasteiger partial charge is 0.338 e. The first-order chi connectivity index (χ1) is 7.50. The summed E-state index contributed by atoms with van der Waals surface area (Å²) >= 11 is 14.2. The zero-order valence-electron chi connectivity index (χ0n) is 8.14. The molecule has 0 atom stereocenters. The summed E-state index contributed by atoms with van der Waals surface area (Å²) in [7, 11) is 0. The lowest BCUT2D eigenvalue weighted by molar-refractivity contribution is 0.0697. The SMILES string of the molecule is O=C(O)c1c(Cl)cc2c(c1Cl)CCN(I)C2. The fourth-order valence-electron chi connectivity index (χ4n) is 1.81. The van der Waals surface area contributed by atoms with Gasteiger partial charge in [-0.05, 0) is 23.6 Å². The van der Waals surface area contributed by atoms with Gasteiger partial charge in [-0.15, -0.1) is 0 Å². The van der Waals surface area contributed by atoms with E-state index in [1.165, 1.54) is 0 Å². The molecular weight excluding hydrogens is 364 g/mol. The fraction of sp³-hybridized carbons (Fsp3) is 0.300. The van der Waals surface area contributed by atoms with Gasteiger partial charge >= 0.3 is 5.97 Å². The fourth-order valence-corrected chi connectivity index (χ4v) is 3.18. The van der Waals surface area contributed by atoms with E-state index in [1.807, 2.05) is 0 Å². The molecule has 16 heavy (non-hydrogen) atoms. The third-order valence-electron chi connectivity index (χ3n) is 2.57. The molecule has 0 unspecified atom stereocenters. The van der Waals surface area contributed by atoms with Crippen LogP contribution in [-0.2, 0) is 13.0 Å². The third-order valence-corrected chi connectivity index (χ3v) is 4.11. The Labute approximate surface area is 117 Å². The van der Waals surface area contributed by atoms with Crippen LogP contribution in [0.2, 0.25) is 10.0 Å². The van der Waals surface area contributed by atoms with Crippen LogP contribution in [0, 0.1) is 0 Å². The first kappa shape index (κ1) is 12.4. The van der Waals surface area contributed by atoms with Gasteiger partial charge in [0.15, 0.2) is 0 Å². The van der Waals surface area contributed by atoms with Gasteiger partial charge in [-0.1, -0.05) is 23.2 Å². The molecule has 1 N–H and O–H groups in total. The highest BCUT2D eigenvalue weighted by Gasteiger charge is 2.23. The van der Waals surface area contributed by atoms with E-state index >= 15 is 0 Å². The predicted octanol–water partition coefficient (Wildman–Crippen LogP) is 3.40. The molecule has 1 aliphatic rings. The Balaban J connectivity index is 2.59. The molecule has 0 spiro atoms. The summed E-state index contributed by atoms with van der Waals surface area (Å²) in [6, 6.07) is 1.71. The second kappa shape index (κ2) is 4.68. The summed E-state index contributed by atoms with van der Waals surface area (Å²) in [6.07, 6.45) is 0.758. The molecule has 1 heterocycles. The maximum atomic E-state index is 11.0. The highest BCUT2D eigenvalue weighted by molar-refractivity contribution is 14.1. The van der Waals surface area contributed by atoms with Crippen molar-refractivity contribution in [1.82, 2.24) is 3.11 Å². The Morgan fingerprint density at radius 2 is 2.19 bits per heavy atom. The number of halogens is 3. The Kier molecular flexibility index (Phi) is 3.63. The molecule has 0 aromatic heterocycles. The van der Waals surface area contributed by atoms with Crippen molar-refractivity contribution in [2.45, 2.75) is 13.0 Å². The van der Waals surface area contributed by atoms with Crippen molar-refractivity contribution < 1.29 is 9.90 Å². The Hall–Kier alpha value is -0.0400. The second-order valence-electron chi connectivity index (χ2n) is 3.58. The summed E-state index contributed by atoms with van der Waals surface area (Å²) in [6.45, 7) is 1.61. The number of aromatic carboxylic acids is 1. The van der Waals surface area contributed by atoms with E-state index in [0.29, 0.717) is 5.02 Å². The summed E-state index contributed by atoms with van der Waals surface area (Å²) in [5.41, 5.74) is 1.95. The molecule has 0 fully saturated rings. The van der Waals surface area contributed by atoms with Crippen LogP contribution in [0.25, 0.3) is 0 Å². The number of carboxylic acid groups (broad SMARTS) is 1. The van der Waals surface area contributed by atoms with Gasteiger partial charge in [-0.3, -0.25) is 0 Å². The van der Waals surface area contributed by atoms with E-state index in [0.717, 1.165) is 30.6 Å². The molecule has 0 saturated heterocycles. The average molecular weight is 372 g/mol. The molecular formula is C10H8Cl2INO2. The molecule has 6 heteroatoms. The highest BCUT2D eigenvalue weighted by atomic mass is 127. The number of hydrogen-bond acceptors (Lipinski definition) is 2. The lowest BCUT2D eigenvalue weighted by Gasteiger charge is -2.25. The van der Waals surface area contributed by atoms with E-state index < -0.39 is 5.97 Å². The van der Waals surface area contributed by atoms with E-state index in [9.17, 15) is 4.79 Å². The van der Waals surface area contributed by atoms with Crippen molar-refractivity contribution in [3.63, 3.8) is 0 Å². The number of carbonyl (C=O) groups is 1. The van der Waals surface area contributed by atoms with Crippen molar-refractivity contribution in [1.29, 1.82) is 0 Å². The Morgan fingerprint density at radius 1 is 1.50 bits per heavy atom. The molecule has 86 valence electrons. The van der Waals surface area contributed by atoms with E-state index in [-0.39, 0.29) is 10.6 Å². The highest BCUT2D eigenvalue weighted by Crippen LogP contribution is 2.35. The van der Waals surface area contributed by atoms with Crippen molar-refractivity contribution in [2.24, 2.45) is 0 Å². The maximum absolute atomic E-state index is 11.0. The number of fused-ring (bicyclic) bond motifs is 1. The minimum Gasteiger partial charge on any atom is -0.478 e. The Morgan fingerprint density at radius 3 is 2.81 bits per heavy atom. The first-order valence-corrected chi connectivity index (χ1v) is 6.36. The summed E-state index contributed by atoms with van der Waals surface area (Å²) in [4.78, 5) is 11.0. The minimum atomic E-state index is -1.07. The predicted molar refractivity (Wildman–Crippen MR) is 71.6 cm³/mol. The summed E-state index contributed by atoms with van der Waals surface area (Å²) < 4.78 is 2.12. The number of hydrogen-bond donors (Lipinski definition) is 1. The van der Waals surface area contributed by atoms with Gasteiger partial charge in [-0.25, -0.2) is 7.91 Å². The van der Waals surface area contributed by atoms with Crippen LogP contribution in [0.4, 0.5) is 0 Å². The van der Waals surface area contributed by atoms with Crippen molar-refractivity contribution in [3.05, 3.63) is 32.8 Å². The molecule has 0 aliphatic carbocycles. The van der Waals surface area contributed by atoms with Crippen LogP contribution in [0.5, 0.6) is 0 Å². The third kappa shape index (κ3) is 2.16. The standard InChI is InChI=1S/C10H8Cl2INO2/c11-7-3-5-4-14(13)2-1-6(5)9(12)8(7)10(15)16/h3H,1-2,4H2,(H,15,16). The molecule has 0 radical (unpaired) electrons. The van der Waals surface area contributed by atoms with Crippen molar-refractivity contribution in [3.8, 4) is 0 Å². The zero-order valence-corrected chi connectivity index (χ0v) is 11.8. The van der Waals surface area contributed by atoms with Crippen LogP contribution in [0.3, 0.4) is 0 Å². The number of nitrogens with zero attached hydrogens (tertiary/aromatic N) is 1. The van der Waals surface area contributed by atoms with Gasteiger partial charge in [0, 0.05) is 36.0 Å². The molecule has 0 saturated carbocycles. The lowest BCUT2D eigenvalue weighted by atomic mass is 9.98. The van der Waals surface area contributed by atoms with Crippen LogP contribution in [-0.4, -0.2) is 20.7 Å². The second-order valence-corrected chi connectivity index (χ2v) is 5.73. The van der Waals surface area contributed by atoms with Crippen LogP contribution >= 0.6 is 46.1 Å². The molecule has 1 aliphatic heterocycles. The number of benzene rings is 1. The zero-order chi connectivity index (χ0) is 11.9. The Bertz CT molecular complexity index is 465. The van der Waals surface area contributed by atoms with Gasteiger partial charge < -0.3 is 5.11 Å². The summed E-state index contributed by atoms with van der Waals surface area (Å²) in [5, 5.41) is 9.52.